The molecule has 9 nitrogen and oxygen atoms in total. The van der Waals surface area contributed by atoms with Gasteiger partial charge in [-0.2, -0.15) is 5.10 Å². The predicted octanol–water partition coefficient (Wildman–Crippen LogP) is 3.29. The molecule has 2 aromatic carbocycles. The first-order chi connectivity index (χ1) is 13.4. The van der Waals surface area contributed by atoms with Crippen LogP contribution < -0.4 is 5.43 Å². The minimum absolute atomic E-state index is 0.0467. The molecule has 1 heterocycles. The minimum Gasteiger partial charge on any atom is -0.267 e. The van der Waals surface area contributed by atoms with Crippen molar-refractivity contribution < 1.29 is 9.72 Å². The molecule has 0 aliphatic carbocycles. The van der Waals surface area contributed by atoms with Gasteiger partial charge in [-0.05, 0) is 44.2 Å². The Labute approximate surface area is 164 Å². The van der Waals surface area contributed by atoms with Crippen LogP contribution in [0.4, 0.5) is 5.69 Å². The van der Waals surface area contributed by atoms with Crippen molar-refractivity contribution in [3.05, 3.63) is 80.6 Å². The highest BCUT2D eigenvalue weighted by atomic mass is 35.5. The highest BCUT2D eigenvalue weighted by Crippen LogP contribution is 2.18. The van der Waals surface area contributed by atoms with E-state index in [-0.39, 0.29) is 11.6 Å². The van der Waals surface area contributed by atoms with Gasteiger partial charge >= 0.3 is 0 Å². The first-order valence-electron chi connectivity index (χ1n) is 8.14. The van der Waals surface area contributed by atoms with E-state index in [0.717, 1.165) is 0 Å². The SMILES string of the molecule is CC(=NNC(=O)c1ccc(Cl)cc1)c1nnn(-c2cccc([N+](=O)[O-])c2)c1C. The summed E-state index contributed by atoms with van der Waals surface area (Å²) in [5.41, 5.74) is 4.86. The van der Waals surface area contributed by atoms with Crippen molar-refractivity contribution in [1.29, 1.82) is 0 Å². The van der Waals surface area contributed by atoms with Gasteiger partial charge in [-0.25, -0.2) is 10.1 Å². The number of benzene rings is 2. The van der Waals surface area contributed by atoms with Gasteiger partial charge in [0.1, 0.15) is 5.69 Å². The molecule has 0 saturated carbocycles. The van der Waals surface area contributed by atoms with Crippen LogP contribution in [0.25, 0.3) is 5.69 Å². The summed E-state index contributed by atoms with van der Waals surface area (Å²) in [6.45, 7) is 3.44. The molecule has 142 valence electrons. The van der Waals surface area contributed by atoms with Crippen molar-refractivity contribution in [1.82, 2.24) is 20.4 Å². The summed E-state index contributed by atoms with van der Waals surface area (Å²) in [6.07, 6.45) is 0. The van der Waals surface area contributed by atoms with Crippen LogP contribution in [0.2, 0.25) is 5.02 Å². The van der Waals surface area contributed by atoms with Crippen LogP contribution in [0.15, 0.2) is 53.6 Å². The number of non-ortho nitro benzene ring substituents is 1. The lowest BCUT2D eigenvalue weighted by atomic mass is 10.2. The molecule has 1 aromatic heterocycles. The van der Waals surface area contributed by atoms with Crippen LogP contribution in [-0.4, -0.2) is 31.5 Å². The van der Waals surface area contributed by atoms with E-state index in [1.165, 1.54) is 16.8 Å². The highest BCUT2D eigenvalue weighted by Gasteiger charge is 2.15. The van der Waals surface area contributed by atoms with E-state index in [2.05, 4.69) is 20.8 Å². The first kappa shape index (κ1) is 19.2. The number of nitro benzene ring substituents is 1. The van der Waals surface area contributed by atoms with Crippen molar-refractivity contribution in [2.45, 2.75) is 13.8 Å². The molecule has 1 N–H and O–H groups in total. The van der Waals surface area contributed by atoms with Crippen molar-refractivity contribution in [2.75, 3.05) is 0 Å². The zero-order valence-corrected chi connectivity index (χ0v) is 15.7. The number of hydrazone groups is 1. The van der Waals surface area contributed by atoms with E-state index in [1.807, 2.05) is 0 Å². The van der Waals surface area contributed by atoms with Crippen LogP contribution in [0.1, 0.15) is 28.7 Å². The maximum Gasteiger partial charge on any atom is 0.271 e. The third kappa shape index (κ3) is 4.04. The van der Waals surface area contributed by atoms with E-state index in [1.54, 1.807) is 50.2 Å². The first-order valence-corrected chi connectivity index (χ1v) is 8.52. The Morgan fingerprint density at radius 2 is 1.96 bits per heavy atom. The molecule has 0 aliphatic heterocycles. The molecule has 0 bridgehead atoms. The molecule has 0 aliphatic rings. The number of amides is 1. The van der Waals surface area contributed by atoms with Gasteiger partial charge in [0.15, 0.2) is 0 Å². The van der Waals surface area contributed by atoms with Gasteiger partial charge in [-0.3, -0.25) is 14.9 Å². The van der Waals surface area contributed by atoms with Crippen LogP contribution >= 0.6 is 11.6 Å². The van der Waals surface area contributed by atoms with Gasteiger partial charge in [-0.1, -0.05) is 22.9 Å². The summed E-state index contributed by atoms with van der Waals surface area (Å²) in [5.74, 6) is -0.389. The smallest absolute Gasteiger partial charge is 0.267 e. The Hall–Kier alpha value is -3.59. The maximum atomic E-state index is 12.1. The molecule has 0 fully saturated rings. The second kappa shape index (κ2) is 7.97. The number of hydrogen-bond donors (Lipinski definition) is 1. The van der Waals surface area contributed by atoms with Crippen LogP contribution in [0, 0.1) is 17.0 Å². The number of carbonyl (C=O) groups is 1. The number of nitro groups is 1. The lowest BCUT2D eigenvalue weighted by Crippen LogP contribution is -2.19. The molecule has 28 heavy (non-hydrogen) atoms. The van der Waals surface area contributed by atoms with Crippen LogP contribution in [0.5, 0.6) is 0 Å². The summed E-state index contributed by atoms with van der Waals surface area (Å²) < 4.78 is 1.47. The number of aromatic nitrogens is 3. The Kier molecular flexibility index (Phi) is 5.46. The maximum absolute atomic E-state index is 12.1. The fourth-order valence-electron chi connectivity index (χ4n) is 2.50. The Morgan fingerprint density at radius 1 is 1.25 bits per heavy atom. The Morgan fingerprint density at radius 3 is 2.64 bits per heavy atom. The fourth-order valence-corrected chi connectivity index (χ4v) is 2.63. The van der Waals surface area contributed by atoms with E-state index in [4.69, 9.17) is 11.6 Å². The third-order valence-corrected chi connectivity index (χ3v) is 4.21. The van der Waals surface area contributed by atoms with Crippen molar-refractivity contribution in [3.63, 3.8) is 0 Å². The second-order valence-electron chi connectivity index (χ2n) is 5.86. The highest BCUT2D eigenvalue weighted by molar-refractivity contribution is 6.30. The quantitative estimate of drug-likeness (QED) is 0.402. The molecule has 3 rings (SSSR count). The average Bonchev–Trinajstić information content (AvgIpc) is 3.08. The monoisotopic (exact) mass is 398 g/mol. The molecule has 0 spiro atoms. The molecule has 0 unspecified atom stereocenters. The van der Waals surface area contributed by atoms with Crippen molar-refractivity contribution >= 4 is 28.9 Å². The Bertz CT molecular complexity index is 1080. The summed E-state index contributed by atoms with van der Waals surface area (Å²) >= 11 is 5.81. The summed E-state index contributed by atoms with van der Waals surface area (Å²) in [7, 11) is 0. The molecular weight excluding hydrogens is 384 g/mol. The lowest BCUT2D eigenvalue weighted by molar-refractivity contribution is -0.384. The summed E-state index contributed by atoms with van der Waals surface area (Å²) in [4.78, 5) is 22.6. The van der Waals surface area contributed by atoms with E-state index in [9.17, 15) is 14.9 Å². The van der Waals surface area contributed by atoms with Crippen molar-refractivity contribution in [2.24, 2.45) is 5.10 Å². The number of rotatable bonds is 5. The summed E-state index contributed by atoms with van der Waals surface area (Å²) in [6, 6.07) is 12.5. The van der Waals surface area contributed by atoms with E-state index in [0.29, 0.717) is 33.4 Å². The third-order valence-electron chi connectivity index (χ3n) is 3.95. The van der Waals surface area contributed by atoms with Gasteiger partial charge in [0.2, 0.25) is 0 Å². The number of carbonyl (C=O) groups excluding carboxylic acids is 1. The van der Waals surface area contributed by atoms with Crippen LogP contribution in [0.3, 0.4) is 0 Å². The zero-order valence-electron chi connectivity index (χ0n) is 15.0. The largest absolute Gasteiger partial charge is 0.271 e. The van der Waals surface area contributed by atoms with Gasteiger partial charge in [0, 0.05) is 22.7 Å². The van der Waals surface area contributed by atoms with Gasteiger partial charge in [-0.15, -0.1) is 5.10 Å². The Balaban J connectivity index is 1.81. The van der Waals surface area contributed by atoms with Crippen LogP contribution in [-0.2, 0) is 0 Å². The van der Waals surface area contributed by atoms with E-state index >= 15 is 0 Å². The fraction of sp³-hybridized carbons (Fsp3) is 0.111. The number of hydrogen-bond acceptors (Lipinski definition) is 6. The molecule has 10 heteroatoms. The average molecular weight is 399 g/mol. The standard InChI is InChI=1S/C18H15ClN6O3/c1-11(20-22-18(26)13-6-8-14(19)9-7-13)17-12(2)24(23-21-17)15-4-3-5-16(10-15)25(27)28/h3-10H,1-2H3,(H,22,26). The lowest BCUT2D eigenvalue weighted by Gasteiger charge is -2.04. The molecular formula is C18H15ClN6O3. The minimum atomic E-state index is -0.477. The number of nitrogens with zero attached hydrogens (tertiary/aromatic N) is 5. The summed E-state index contributed by atoms with van der Waals surface area (Å²) in [5, 5.41) is 23.7. The topological polar surface area (TPSA) is 115 Å². The van der Waals surface area contributed by atoms with Crippen molar-refractivity contribution in [3.8, 4) is 5.69 Å². The molecule has 0 atom stereocenters. The van der Waals surface area contributed by atoms with Gasteiger partial charge < -0.3 is 0 Å². The number of halogens is 1. The molecule has 1 amide bonds. The number of nitrogens with one attached hydrogen (secondary N) is 1. The predicted molar refractivity (Wildman–Crippen MR) is 104 cm³/mol. The van der Waals surface area contributed by atoms with Gasteiger partial charge in [0.25, 0.3) is 11.6 Å². The zero-order chi connectivity index (χ0) is 20.3. The normalized spacial score (nSPS) is 11.3. The van der Waals surface area contributed by atoms with E-state index < -0.39 is 4.92 Å². The second-order valence-corrected chi connectivity index (χ2v) is 6.29. The molecule has 0 saturated heterocycles. The van der Waals surface area contributed by atoms with Gasteiger partial charge in [0.05, 0.1) is 22.0 Å². The molecule has 0 radical (unpaired) electrons. The molecule has 3 aromatic rings.